The van der Waals surface area contributed by atoms with E-state index >= 15 is 0 Å². The van der Waals surface area contributed by atoms with E-state index in [2.05, 4.69) is 33.2 Å². The van der Waals surface area contributed by atoms with Crippen LogP contribution in [-0.2, 0) is 0 Å². The van der Waals surface area contributed by atoms with E-state index in [4.69, 9.17) is 0 Å². The van der Waals surface area contributed by atoms with Crippen molar-refractivity contribution < 1.29 is 4.92 Å². The third-order valence-corrected chi connectivity index (χ3v) is 5.01. The normalized spacial score (nSPS) is 22.6. The molecular formula is C14H20BrN3O2. The Morgan fingerprint density at radius 1 is 1.55 bits per heavy atom. The summed E-state index contributed by atoms with van der Waals surface area (Å²) in [5.41, 5.74) is 0.665. The molecule has 5 nitrogen and oxygen atoms in total. The van der Waals surface area contributed by atoms with Crippen LogP contribution in [0.2, 0.25) is 0 Å². The second-order valence-corrected chi connectivity index (χ2v) is 6.50. The monoisotopic (exact) mass is 341 g/mol. The Morgan fingerprint density at radius 3 is 2.95 bits per heavy atom. The predicted octanol–water partition coefficient (Wildman–Crippen LogP) is 4.30. The van der Waals surface area contributed by atoms with Gasteiger partial charge in [0.05, 0.1) is 9.40 Å². The first-order chi connectivity index (χ1) is 9.49. The van der Waals surface area contributed by atoms with Crippen LogP contribution in [-0.4, -0.2) is 16.5 Å². The summed E-state index contributed by atoms with van der Waals surface area (Å²) in [6.07, 6.45) is 6.44. The lowest BCUT2D eigenvalue weighted by atomic mass is 9.82. The van der Waals surface area contributed by atoms with E-state index < -0.39 is 4.92 Å². The molecule has 1 aromatic rings. The zero-order valence-electron chi connectivity index (χ0n) is 11.9. The Labute approximate surface area is 127 Å². The van der Waals surface area contributed by atoms with Gasteiger partial charge in [0.1, 0.15) is 12.0 Å². The fourth-order valence-electron chi connectivity index (χ4n) is 2.86. The summed E-state index contributed by atoms with van der Waals surface area (Å²) in [7, 11) is 0. The minimum atomic E-state index is -0.403. The van der Waals surface area contributed by atoms with Gasteiger partial charge in [-0.3, -0.25) is 10.1 Å². The number of nitro groups is 1. The van der Waals surface area contributed by atoms with Crippen LogP contribution in [0.15, 0.2) is 10.7 Å². The van der Waals surface area contributed by atoms with Gasteiger partial charge in [0, 0.05) is 12.1 Å². The van der Waals surface area contributed by atoms with Crippen LogP contribution in [0, 0.1) is 28.9 Å². The second kappa shape index (κ2) is 6.52. The number of nitrogens with zero attached hydrogens (tertiary/aromatic N) is 2. The van der Waals surface area contributed by atoms with E-state index in [1.165, 1.54) is 31.9 Å². The molecule has 110 valence electrons. The van der Waals surface area contributed by atoms with E-state index in [0.29, 0.717) is 21.8 Å². The third-order valence-electron chi connectivity index (χ3n) is 4.04. The zero-order chi connectivity index (χ0) is 14.7. The predicted molar refractivity (Wildman–Crippen MR) is 82.9 cm³/mol. The number of rotatable bonds is 4. The van der Waals surface area contributed by atoms with Gasteiger partial charge in [0.15, 0.2) is 0 Å². The van der Waals surface area contributed by atoms with Crippen molar-refractivity contribution >= 4 is 27.4 Å². The number of halogens is 1. The molecule has 0 radical (unpaired) electrons. The summed E-state index contributed by atoms with van der Waals surface area (Å²) >= 11 is 3.41. The van der Waals surface area contributed by atoms with Crippen molar-refractivity contribution in [2.24, 2.45) is 11.8 Å². The lowest BCUT2D eigenvalue weighted by molar-refractivity contribution is -0.385. The highest BCUT2D eigenvalue weighted by Gasteiger charge is 2.20. The molecule has 1 aliphatic rings. The molecular weight excluding hydrogens is 322 g/mol. The van der Waals surface area contributed by atoms with Gasteiger partial charge in [-0.05, 0) is 47.5 Å². The second-order valence-electron chi connectivity index (χ2n) is 5.71. The molecule has 1 heterocycles. The van der Waals surface area contributed by atoms with E-state index in [1.807, 2.05) is 0 Å². The van der Waals surface area contributed by atoms with Crippen LogP contribution in [0.4, 0.5) is 11.5 Å². The maximum Gasteiger partial charge on any atom is 0.291 e. The molecule has 6 heteroatoms. The highest BCUT2D eigenvalue weighted by Crippen LogP contribution is 2.32. The molecule has 1 aromatic heterocycles. The van der Waals surface area contributed by atoms with E-state index in [0.717, 1.165) is 12.5 Å². The third kappa shape index (κ3) is 3.48. The van der Waals surface area contributed by atoms with Crippen molar-refractivity contribution in [3.63, 3.8) is 0 Å². The molecule has 2 unspecified atom stereocenters. The van der Waals surface area contributed by atoms with Crippen molar-refractivity contribution in [1.82, 2.24) is 4.98 Å². The first-order valence-corrected chi connectivity index (χ1v) is 7.81. The Kier molecular flexibility index (Phi) is 4.96. The van der Waals surface area contributed by atoms with Crippen molar-refractivity contribution in [2.75, 3.05) is 11.9 Å². The summed E-state index contributed by atoms with van der Waals surface area (Å²) in [5.74, 6) is 2.17. The molecule has 1 saturated carbocycles. The van der Waals surface area contributed by atoms with Crippen LogP contribution >= 0.6 is 15.9 Å². The number of nitrogens with one attached hydrogen (secondary N) is 1. The molecule has 0 saturated heterocycles. The highest BCUT2D eigenvalue weighted by molar-refractivity contribution is 9.10. The average molecular weight is 342 g/mol. The van der Waals surface area contributed by atoms with Gasteiger partial charge in [-0.2, -0.15) is 0 Å². The summed E-state index contributed by atoms with van der Waals surface area (Å²) in [6.45, 7) is 4.92. The number of pyridine rings is 1. The topological polar surface area (TPSA) is 68.1 Å². The van der Waals surface area contributed by atoms with Crippen molar-refractivity contribution in [3.8, 4) is 0 Å². The average Bonchev–Trinajstić information content (AvgIpc) is 2.40. The summed E-state index contributed by atoms with van der Waals surface area (Å²) in [4.78, 5) is 14.6. The number of hydrogen-bond donors (Lipinski definition) is 1. The lowest BCUT2D eigenvalue weighted by Crippen LogP contribution is -2.21. The van der Waals surface area contributed by atoms with E-state index in [-0.39, 0.29) is 5.69 Å². The van der Waals surface area contributed by atoms with Crippen LogP contribution in [0.1, 0.15) is 38.2 Å². The molecule has 2 rings (SSSR count). The molecule has 1 fully saturated rings. The van der Waals surface area contributed by atoms with Gasteiger partial charge in [-0.15, -0.1) is 0 Å². The van der Waals surface area contributed by atoms with Gasteiger partial charge >= 0.3 is 0 Å². The quantitative estimate of drug-likeness (QED) is 0.654. The molecule has 1 aliphatic carbocycles. The standard InChI is InChI=1S/C14H20BrN3O2/c1-9-4-3-5-11(6-9)7-16-14-13(15)10(2)12(8-17-14)18(19)20/h8-9,11H,3-7H2,1-2H3,(H,16,17). The first kappa shape index (κ1) is 15.2. The Balaban J connectivity index is 2.03. The maximum absolute atomic E-state index is 10.9. The largest absolute Gasteiger partial charge is 0.369 e. The minimum Gasteiger partial charge on any atom is -0.369 e. The number of hydrogen-bond acceptors (Lipinski definition) is 4. The Hall–Kier alpha value is -1.17. The molecule has 0 spiro atoms. The maximum atomic E-state index is 10.9. The van der Waals surface area contributed by atoms with E-state index in [1.54, 1.807) is 6.92 Å². The molecule has 20 heavy (non-hydrogen) atoms. The zero-order valence-corrected chi connectivity index (χ0v) is 13.4. The van der Waals surface area contributed by atoms with Crippen molar-refractivity contribution in [1.29, 1.82) is 0 Å². The Bertz CT molecular complexity index is 507. The van der Waals surface area contributed by atoms with Gasteiger partial charge in [-0.25, -0.2) is 4.98 Å². The SMILES string of the molecule is Cc1c([N+](=O)[O-])cnc(NCC2CCCC(C)C2)c1Br. The Morgan fingerprint density at radius 2 is 2.30 bits per heavy atom. The van der Waals surface area contributed by atoms with Crippen LogP contribution in [0.3, 0.4) is 0 Å². The van der Waals surface area contributed by atoms with Crippen molar-refractivity contribution in [3.05, 3.63) is 26.3 Å². The van der Waals surface area contributed by atoms with Gasteiger partial charge in [0.25, 0.3) is 5.69 Å². The fraction of sp³-hybridized carbons (Fsp3) is 0.643. The molecule has 2 atom stereocenters. The molecule has 0 aromatic carbocycles. The fourth-order valence-corrected chi connectivity index (χ4v) is 3.31. The molecule has 1 N–H and O–H groups in total. The smallest absolute Gasteiger partial charge is 0.291 e. The van der Waals surface area contributed by atoms with Gasteiger partial charge < -0.3 is 5.32 Å². The highest BCUT2D eigenvalue weighted by atomic mass is 79.9. The molecule has 0 aliphatic heterocycles. The lowest BCUT2D eigenvalue weighted by Gasteiger charge is -2.27. The van der Waals surface area contributed by atoms with Gasteiger partial charge in [-0.1, -0.05) is 19.8 Å². The summed E-state index contributed by atoms with van der Waals surface area (Å²) in [5, 5.41) is 14.2. The molecule has 0 bridgehead atoms. The summed E-state index contributed by atoms with van der Waals surface area (Å²) < 4.78 is 0.690. The summed E-state index contributed by atoms with van der Waals surface area (Å²) in [6, 6.07) is 0. The van der Waals surface area contributed by atoms with Crippen LogP contribution < -0.4 is 5.32 Å². The van der Waals surface area contributed by atoms with Crippen LogP contribution in [0.5, 0.6) is 0 Å². The number of anilines is 1. The number of aromatic nitrogens is 1. The minimum absolute atomic E-state index is 0.0497. The van der Waals surface area contributed by atoms with Crippen LogP contribution in [0.25, 0.3) is 0 Å². The first-order valence-electron chi connectivity index (χ1n) is 7.02. The van der Waals surface area contributed by atoms with Crippen molar-refractivity contribution in [2.45, 2.75) is 39.5 Å². The van der Waals surface area contributed by atoms with E-state index in [9.17, 15) is 10.1 Å². The molecule has 0 amide bonds. The van der Waals surface area contributed by atoms with Gasteiger partial charge in [0.2, 0.25) is 0 Å².